The summed E-state index contributed by atoms with van der Waals surface area (Å²) in [4.78, 5) is 24.1. The summed E-state index contributed by atoms with van der Waals surface area (Å²) in [5.74, 6) is 0.317. The van der Waals surface area contributed by atoms with Crippen LogP contribution in [0.25, 0.3) is 0 Å². The van der Waals surface area contributed by atoms with Crippen molar-refractivity contribution < 1.29 is 23.8 Å². The molecule has 0 radical (unpaired) electrons. The first-order valence-corrected chi connectivity index (χ1v) is 8.17. The molecule has 2 aliphatic rings. The lowest BCUT2D eigenvalue weighted by Gasteiger charge is -2.08. The van der Waals surface area contributed by atoms with Crippen molar-refractivity contribution in [2.45, 2.75) is 19.3 Å². The molecule has 0 atom stereocenters. The molecule has 1 aliphatic heterocycles. The number of ether oxygens (including phenoxy) is 3. The minimum atomic E-state index is -0.490. The van der Waals surface area contributed by atoms with Gasteiger partial charge in [0.25, 0.3) is 5.91 Å². The third kappa shape index (κ3) is 3.28. The molecule has 0 unspecified atom stereocenters. The highest BCUT2D eigenvalue weighted by Crippen LogP contribution is 2.34. The van der Waals surface area contributed by atoms with E-state index < -0.39 is 11.9 Å². The van der Waals surface area contributed by atoms with E-state index in [1.165, 1.54) is 11.1 Å². The van der Waals surface area contributed by atoms with Crippen LogP contribution in [0.4, 0.5) is 5.69 Å². The summed E-state index contributed by atoms with van der Waals surface area (Å²) in [5, 5.41) is 2.67. The first-order valence-electron chi connectivity index (χ1n) is 8.17. The minimum absolute atomic E-state index is 0.172. The molecule has 2 aromatic rings. The van der Waals surface area contributed by atoms with Crippen LogP contribution >= 0.6 is 0 Å². The van der Waals surface area contributed by atoms with Crippen LogP contribution < -0.4 is 14.8 Å². The number of hydrogen-bond donors (Lipinski definition) is 1. The fourth-order valence-electron chi connectivity index (χ4n) is 3.08. The van der Waals surface area contributed by atoms with E-state index in [-0.39, 0.29) is 13.4 Å². The molecule has 25 heavy (non-hydrogen) atoms. The normalized spacial score (nSPS) is 14.1. The molecular weight excluding hydrogens is 322 g/mol. The number of amides is 1. The van der Waals surface area contributed by atoms with Gasteiger partial charge in [-0.3, -0.25) is 4.79 Å². The lowest BCUT2D eigenvalue weighted by Crippen LogP contribution is -2.21. The van der Waals surface area contributed by atoms with Crippen molar-refractivity contribution in [3.05, 3.63) is 53.1 Å². The molecule has 0 bridgehead atoms. The van der Waals surface area contributed by atoms with E-state index in [1.807, 2.05) is 12.1 Å². The Bertz CT molecular complexity index is 846. The molecule has 4 rings (SSSR count). The Labute approximate surface area is 144 Å². The van der Waals surface area contributed by atoms with Crippen molar-refractivity contribution in [3.8, 4) is 11.5 Å². The monoisotopic (exact) mass is 339 g/mol. The second-order valence-electron chi connectivity index (χ2n) is 6.03. The molecule has 1 aliphatic carbocycles. The highest BCUT2D eigenvalue weighted by Gasteiger charge is 2.17. The molecule has 0 fully saturated rings. The highest BCUT2D eigenvalue weighted by atomic mass is 16.7. The average molecular weight is 339 g/mol. The Morgan fingerprint density at radius 1 is 1.00 bits per heavy atom. The predicted molar refractivity (Wildman–Crippen MR) is 89.9 cm³/mol. The largest absolute Gasteiger partial charge is 0.454 e. The number of aryl methyl sites for hydroxylation is 2. The number of benzene rings is 2. The maximum Gasteiger partial charge on any atom is 0.338 e. The van der Waals surface area contributed by atoms with Gasteiger partial charge in [0.05, 0.1) is 5.56 Å². The summed E-state index contributed by atoms with van der Waals surface area (Å²) in [5.41, 5.74) is 3.52. The van der Waals surface area contributed by atoms with Gasteiger partial charge >= 0.3 is 5.97 Å². The van der Waals surface area contributed by atoms with Gasteiger partial charge in [0.2, 0.25) is 6.79 Å². The number of rotatable bonds is 4. The van der Waals surface area contributed by atoms with Crippen LogP contribution in [0.1, 0.15) is 27.9 Å². The Kier molecular flexibility index (Phi) is 4.01. The maximum absolute atomic E-state index is 12.1. The summed E-state index contributed by atoms with van der Waals surface area (Å²) in [6, 6.07) is 10.7. The molecular formula is C19H17NO5. The van der Waals surface area contributed by atoms with Crippen molar-refractivity contribution in [2.24, 2.45) is 0 Å². The van der Waals surface area contributed by atoms with Crippen molar-refractivity contribution in [2.75, 3.05) is 18.7 Å². The summed E-state index contributed by atoms with van der Waals surface area (Å²) >= 11 is 0. The van der Waals surface area contributed by atoms with Crippen molar-refractivity contribution in [1.29, 1.82) is 0 Å². The first-order chi connectivity index (χ1) is 12.2. The molecule has 6 nitrogen and oxygen atoms in total. The fraction of sp³-hybridized carbons (Fsp3) is 0.263. The van der Waals surface area contributed by atoms with E-state index in [9.17, 15) is 9.59 Å². The van der Waals surface area contributed by atoms with Gasteiger partial charge in [0.15, 0.2) is 18.1 Å². The molecule has 2 aromatic carbocycles. The van der Waals surface area contributed by atoms with Gasteiger partial charge in [-0.1, -0.05) is 6.07 Å². The number of carbonyl (C=O) groups excluding carboxylic acids is 2. The Hall–Kier alpha value is -3.02. The molecule has 128 valence electrons. The van der Waals surface area contributed by atoms with E-state index in [0.29, 0.717) is 22.7 Å². The third-order valence-corrected chi connectivity index (χ3v) is 4.32. The van der Waals surface area contributed by atoms with E-state index in [0.717, 1.165) is 19.3 Å². The zero-order valence-electron chi connectivity index (χ0n) is 13.5. The third-order valence-electron chi connectivity index (χ3n) is 4.32. The molecule has 1 amide bonds. The molecule has 0 saturated heterocycles. The standard InChI is InChI=1S/C19H17NO5/c21-18(20-15-6-7-16-17(9-15)25-11-24-16)10-23-19(22)14-5-4-12-2-1-3-13(12)8-14/h4-9H,1-3,10-11H2,(H,20,21). The maximum atomic E-state index is 12.1. The van der Waals surface area contributed by atoms with Crippen LogP contribution in [0.2, 0.25) is 0 Å². The van der Waals surface area contributed by atoms with Gasteiger partial charge in [-0.15, -0.1) is 0 Å². The van der Waals surface area contributed by atoms with Crippen molar-refractivity contribution >= 4 is 17.6 Å². The van der Waals surface area contributed by atoms with Gasteiger partial charge in [0.1, 0.15) is 0 Å². The van der Waals surface area contributed by atoms with E-state index in [1.54, 1.807) is 24.3 Å². The Morgan fingerprint density at radius 2 is 1.84 bits per heavy atom. The van der Waals surface area contributed by atoms with Crippen molar-refractivity contribution in [3.63, 3.8) is 0 Å². The number of esters is 1. The molecule has 1 heterocycles. The zero-order valence-corrected chi connectivity index (χ0v) is 13.5. The number of nitrogens with one attached hydrogen (secondary N) is 1. The topological polar surface area (TPSA) is 73.9 Å². The molecule has 1 N–H and O–H groups in total. The molecule has 0 aromatic heterocycles. The summed E-state index contributed by atoms with van der Waals surface area (Å²) in [6.07, 6.45) is 3.16. The van der Waals surface area contributed by atoms with Gasteiger partial charge in [-0.2, -0.15) is 0 Å². The Morgan fingerprint density at radius 3 is 2.76 bits per heavy atom. The Balaban J connectivity index is 1.33. The van der Waals surface area contributed by atoms with Crippen LogP contribution in [0.3, 0.4) is 0 Å². The fourth-order valence-corrected chi connectivity index (χ4v) is 3.08. The molecule has 0 spiro atoms. The van der Waals surface area contributed by atoms with Crippen molar-refractivity contribution in [1.82, 2.24) is 0 Å². The second-order valence-corrected chi connectivity index (χ2v) is 6.03. The number of carbonyl (C=O) groups is 2. The van der Waals surface area contributed by atoms with E-state index in [2.05, 4.69) is 5.32 Å². The van der Waals surface area contributed by atoms with Gasteiger partial charge in [-0.05, 0) is 54.7 Å². The summed E-state index contributed by atoms with van der Waals surface area (Å²) < 4.78 is 15.6. The van der Waals surface area contributed by atoms with E-state index >= 15 is 0 Å². The van der Waals surface area contributed by atoms with Gasteiger partial charge in [0, 0.05) is 11.8 Å². The van der Waals surface area contributed by atoms with Gasteiger partial charge < -0.3 is 19.5 Å². The van der Waals surface area contributed by atoms with Crippen LogP contribution in [0.15, 0.2) is 36.4 Å². The van der Waals surface area contributed by atoms with Crippen LogP contribution in [-0.2, 0) is 22.4 Å². The lowest BCUT2D eigenvalue weighted by atomic mass is 10.1. The van der Waals surface area contributed by atoms with Gasteiger partial charge in [-0.25, -0.2) is 4.79 Å². The molecule has 6 heteroatoms. The number of fused-ring (bicyclic) bond motifs is 2. The lowest BCUT2D eigenvalue weighted by molar-refractivity contribution is -0.119. The average Bonchev–Trinajstić information content (AvgIpc) is 3.27. The van der Waals surface area contributed by atoms with Crippen LogP contribution in [-0.4, -0.2) is 25.3 Å². The molecule has 0 saturated carbocycles. The summed E-state index contributed by atoms with van der Waals surface area (Å²) in [7, 11) is 0. The second kappa shape index (κ2) is 6.47. The first kappa shape index (κ1) is 15.5. The van der Waals surface area contributed by atoms with Crippen LogP contribution in [0.5, 0.6) is 11.5 Å². The number of hydrogen-bond acceptors (Lipinski definition) is 5. The zero-order chi connectivity index (χ0) is 17.2. The number of anilines is 1. The SMILES string of the molecule is O=C(COC(=O)c1ccc2c(c1)CCC2)Nc1ccc2c(c1)OCO2. The predicted octanol–water partition coefficient (Wildman–Crippen LogP) is 2.70. The van der Waals surface area contributed by atoms with E-state index in [4.69, 9.17) is 14.2 Å². The quantitative estimate of drug-likeness (QED) is 0.867. The summed E-state index contributed by atoms with van der Waals surface area (Å²) in [6.45, 7) is -0.171. The smallest absolute Gasteiger partial charge is 0.338 e. The highest BCUT2D eigenvalue weighted by molar-refractivity contribution is 5.95. The van der Waals surface area contributed by atoms with Crippen LogP contribution in [0, 0.1) is 0 Å². The minimum Gasteiger partial charge on any atom is -0.454 e.